The van der Waals surface area contributed by atoms with Gasteiger partial charge in [0.25, 0.3) is 0 Å². The predicted molar refractivity (Wildman–Crippen MR) is 88.2 cm³/mol. The first-order valence-corrected chi connectivity index (χ1v) is 7.65. The lowest BCUT2D eigenvalue weighted by Crippen LogP contribution is -2.24. The molecule has 0 bridgehead atoms. The molecule has 2 rings (SSSR count). The van der Waals surface area contributed by atoms with Crippen LogP contribution in [0.25, 0.3) is 0 Å². The van der Waals surface area contributed by atoms with E-state index in [1.54, 1.807) is 19.5 Å². The average Bonchev–Trinajstić information content (AvgIpc) is 2.58. The molecule has 0 spiro atoms. The lowest BCUT2D eigenvalue weighted by atomic mass is 10.1. The summed E-state index contributed by atoms with van der Waals surface area (Å²) in [4.78, 5) is 4.09. The smallest absolute Gasteiger partial charge is 0.161 e. The summed E-state index contributed by atoms with van der Waals surface area (Å²) in [6.07, 6.45) is 4.67. The summed E-state index contributed by atoms with van der Waals surface area (Å²) in [6, 6.07) is 10.4. The number of hydrogen-bond acceptors (Lipinski definition) is 4. The van der Waals surface area contributed by atoms with Crippen LogP contribution in [0, 0.1) is 0 Å². The largest absolute Gasteiger partial charge is 0.493 e. The van der Waals surface area contributed by atoms with Gasteiger partial charge in [-0.2, -0.15) is 0 Å². The quantitative estimate of drug-likeness (QED) is 0.809. The highest BCUT2D eigenvalue weighted by Crippen LogP contribution is 2.28. The molecule has 0 saturated carbocycles. The Bertz CT molecular complexity index is 573. The second kappa shape index (κ2) is 8.39. The fraction of sp³-hybridized carbons (Fsp3) is 0.389. The summed E-state index contributed by atoms with van der Waals surface area (Å²) in [7, 11) is 1.66. The highest BCUT2D eigenvalue weighted by Gasteiger charge is 2.07. The molecule has 0 aliphatic rings. The first kappa shape index (κ1) is 16.3. The SMILES string of the molecule is CCC(C)NCc1ccc(OC)c(OCc2cccnc2)c1. The second-order valence-electron chi connectivity index (χ2n) is 5.33. The van der Waals surface area contributed by atoms with Crippen LogP contribution in [-0.4, -0.2) is 18.1 Å². The minimum atomic E-state index is 0.479. The monoisotopic (exact) mass is 300 g/mol. The fourth-order valence-electron chi connectivity index (χ4n) is 2.02. The minimum Gasteiger partial charge on any atom is -0.493 e. The van der Waals surface area contributed by atoms with Crippen molar-refractivity contribution in [2.45, 2.75) is 39.5 Å². The van der Waals surface area contributed by atoms with Crippen LogP contribution < -0.4 is 14.8 Å². The summed E-state index contributed by atoms with van der Waals surface area (Å²) in [5, 5.41) is 3.48. The third kappa shape index (κ3) is 4.74. The third-order valence-electron chi connectivity index (χ3n) is 3.61. The van der Waals surface area contributed by atoms with Gasteiger partial charge in [0.1, 0.15) is 6.61 Å². The van der Waals surface area contributed by atoms with Gasteiger partial charge in [-0.3, -0.25) is 4.98 Å². The van der Waals surface area contributed by atoms with E-state index >= 15 is 0 Å². The molecule has 1 N–H and O–H groups in total. The number of nitrogens with zero attached hydrogens (tertiary/aromatic N) is 1. The van der Waals surface area contributed by atoms with Crippen LogP contribution in [0.1, 0.15) is 31.4 Å². The first-order chi connectivity index (χ1) is 10.7. The first-order valence-electron chi connectivity index (χ1n) is 7.65. The van der Waals surface area contributed by atoms with Crippen molar-refractivity contribution in [1.82, 2.24) is 10.3 Å². The van der Waals surface area contributed by atoms with Gasteiger partial charge >= 0.3 is 0 Å². The minimum absolute atomic E-state index is 0.479. The van der Waals surface area contributed by atoms with Crippen molar-refractivity contribution >= 4 is 0 Å². The number of methoxy groups -OCH3 is 1. The van der Waals surface area contributed by atoms with Gasteiger partial charge in [0.2, 0.25) is 0 Å². The molecular weight excluding hydrogens is 276 g/mol. The van der Waals surface area contributed by atoms with Gasteiger partial charge in [0.15, 0.2) is 11.5 Å². The molecule has 4 heteroatoms. The third-order valence-corrected chi connectivity index (χ3v) is 3.61. The van der Waals surface area contributed by atoms with Crippen molar-refractivity contribution in [2.75, 3.05) is 7.11 Å². The maximum Gasteiger partial charge on any atom is 0.161 e. The molecule has 0 saturated heterocycles. The van der Waals surface area contributed by atoms with Crippen molar-refractivity contribution in [3.63, 3.8) is 0 Å². The Hall–Kier alpha value is -2.07. The maximum absolute atomic E-state index is 5.90. The fourth-order valence-corrected chi connectivity index (χ4v) is 2.02. The van der Waals surface area contributed by atoms with E-state index in [2.05, 4.69) is 30.2 Å². The van der Waals surface area contributed by atoms with Crippen LogP contribution in [-0.2, 0) is 13.2 Å². The highest BCUT2D eigenvalue weighted by atomic mass is 16.5. The number of benzene rings is 1. The number of rotatable bonds is 8. The molecule has 118 valence electrons. The summed E-state index contributed by atoms with van der Waals surface area (Å²) in [6.45, 7) is 5.66. The zero-order valence-electron chi connectivity index (χ0n) is 13.5. The van der Waals surface area contributed by atoms with Crippen LogP contribution in [0.5, 0.6) is 11.5 Å². The van der Waals surface area contributed by atoms with Crippen LogP contribution in [0.15, 0.2) is 42.7 Å². The highest BCUT2D eigenvalue weighted by molar-refractivity contribution is 5.43. The van der Waals surface area contributed by atoms with Crippen molar-refractivity contribution in [1.29, 1.82) is 0 Å². The molecule has 1 aromatic heterocycles. The van der Waals surface area contributed by atoms with E-state index in [0.29, 0.717) is 12.6 Å². The molecule has 1 heterocycles. The summed E-state index contributed by atoms with van der Waals surface area (Å²) in [5.41, 5.74) is 2.22. The Morgan fingerprint density at radius 1 is 1.18 bits per heavy atom. The van der Waals surface area contributed by atoms with Crippen molar-refractivity contribution in [3.05, 3.63) is 53.9 Å². The summed E-state index contributed by atoms with van der Waals surface area (Å²) < 4.78 is 11.3. The van der Waals surface area contributed by atoms with E-state index < -0.39 is 0 Å². The lowest BCUT2D eigenvalue weighted by Gasteiger charge is -2.14. The molecule has 0 aliphatic carbocycles. The molecular formula is C18H24N2O2. The van der Waals surface area contributed by atoms with Crippen LogP contribution in [0.4, 0.5) is 0 Å². The average molecular weight is 300 g/mol. The molecule has 2 aromatic rings. The van der Waals surface area contributed by atoms with Gasteiger partial charge in [-0.1, -0.05) is 19.1 Å². The maximum atomic E-state index is 5.90. The van der Waals surface area contributed by atoms with Crippen molar-refractivity contribution in [2.24, 2.45) is 0 Å². The van der Waals surface area contributed by atoms with Crippen molar-refractivity contribution in [3.8, 4) is 11.5 Å². The molecule has 1 atom stereocenters. The Kier molecular flexibility index (Phi) is 6.22. The number of pyridine rings is 1. The molecule has 0 fully saturated rings. The van der Waals surface area contributed by atoms with E-state index in [1.165, 1.54) is 5.56 Å². The van der Waals surface area contributed by atoms with E-state index in [1.807, 2.05) is 24.3 Å². The standard InChI is InChI=1S/C18H24N2O2/c1-4-14(2)20-12-15-7-8-17(21-3)18(10-15)22-13-16-6-5-9-19-11-16/h5-11,14,20H,4,12-13H2,1-3H3. The number of ether oxygens (including phenoxy) is 2. The van der Waals surface area contributed by atoms with Gasteiger partial charge < -0.3 is 14.8 Å². The predicted octanol–water partition coefficient (Wildman–Crippen LogP) is 3.56. The van der Waals surface area contributed by atoms with Crippen LogP contribution in [0.3, 0.4) is 0 Å². The molecule has 0 radical (unpaired) electrons. The topological polar surface area (TPSA) is 43.4 Å². The summed E-state index contributed by atoms with van der Waals surface area (Å²) in [5.74, 6) is 1.51. The molecule has 4 nitrogen and oxygen atoms in total. The van der Waals surface area contributed by atoms with Gasteiger partial charge in [-0.05, 0) is 37.1 Å². The second-order valence-corrected chi connectivity index (χ2v) is 5.33. The summed E-state index contributed by atoms with van der Waals surface area (Å²) >= 11 is 0. The van der Waals surface area contributed by atoms with Crippen LogP contribution >= 0.6 is 0 Å². The van der Waals surface area contributed by atoms with E-state index in [4.69, 9.17) is 9.47 Å². The van der Waals surface area contributed by atoms with E-state index in [0.717, 1.165) is 30.0 Å². The lowest BCUT2D eigenvalue weighted by molar-refractivity contribution is 0.283. The molecule has 0 amide bonds. The normalized spacial score (nSPS) is 12.0. The van der Waals surface area contributed by atoms with Gasteiger partial charge in [0, 0.05) is 30.5 Å². The van der Waals surface area contributed by atoms with E-state index in [9.17, 15) is 0 Å². The van der Waals surface area contributed by atoms with Gasteiger partial charge in [0.05, 0.1) is 7.11 Å². The van der Waals surface area contributed by atoms with Gasteiger partial charge in [-0.25, -0.2) is 0 Å². The zero-order chi connectivity index (χ0) is 15.8. The Labute approximate surface area is 132 Å². The Morgan fingerprint density at radius 3 is 2.73 bits per heavy atom. The Balaban J connectivity index is 2.04. The molecule has 1 aromatic carbocycles. The molecule has 1 unspecified atom stereocenters. The van der Waals surface area contributed by atoms with Crippen molar-refractivity contribution < 1.29 is 9.47 Å². The van der Waals surface area contributed by atoms with Crippen LogP contribution in [0.2, 0.25) is 0 Å². The number of hydrogen-bond donors (Lipinski definition) is 1. The Morgan fingerprint density at radius 2 is 2.05 bits per heavy atom. The molecule has 22 heavy (non-hydrogen) atoms. The van der Waals surface area contributed by atoms with E-state index in [-0.39, 0.29) is 0 Å². The number of aromatic nitrogens is 1. The number of nitrogens with one attached hydrogen (secondary N) is 1. The molecule has 0 aliphatic heterocycles. The van der Waals surface area contributed by atoms with Gasteiger partial charge in [-0.15, -0.1) is 0 Å². The zero-order valence-corrected chi connectivity index (χ0v) is 13.5.